The Labute approximate surface area is 132 Å². The lowest BCUT2D eigenvalue weighted by Crippen LogP contribution is -2.25. The summed E-state index contributed by atoms with van der Waals surface area (Å²) in [5.41, 5.74) is 1.65. The van der Waals surface area contributed by atoms with Gasteiger partial charge in [-0.2, -0.15) is 5.26 Å². The fourth-order valence-electron chi connectivity index (χ4n) is 1.96. The summed E-state index contributed by atoms with van der Waals surface area (Å²) >= 11 is 12.1. The molecule has 6 heteroatoms. The molecule has 0 radical (unpaired) electrons. The van der Waals surface area contributed by atoms with Crippen molar-refractivity contribution in [3.63, 3.8) is 0 Å². The third-order valence-corrected chi connectivity index (χ3v) is 3.59. The molecule has 0 atom stereocenters. The minimum Gasteiger partial charge on any atom is -0.274 e. The zero-order valence-corrected chi connectivity index (χ0v) is 12.9. The molecule has 1 aromatic carbocycles. The van der Waals surface area contributed by atoms with Crippen LogP contribution in [0.1, 0.15) is 18.1 Å². The van der Waals surface area contributed by atoms with Gasteiger partial charge in [0, 0.05) is 13.1 Å². The van der Waals surface area contributed by atoms with E-state index in [1.165, 1.54) is 18.0 Å². The molecular formula is C15H11Cl2N3O. The first kappa shape index (κ1) is 15.3. The molecule has 0 aliphatic carbocycles. The van der Waals surface area contributed by atoms with Crippen molar-refractivity contribution < 1.29 is 4.79 Å². The first-order valence-corrected chi connectivity index (χ1v) is 6.83. The third kappa shape index (κ3) is 2.85. The number of amides is 1. The second kappa shape index (κ2) is 6.13. The zero-order valence-electron chi connectivity index (χ0n) is 11.4. The van der Waals surface area contributed by atoms with Crippen molar-refractivity contribution in [1.29, 1.82) is 5.26 Å². The number of carbonyl (C=O) groups is 1. The summed E-state index contributed by atoms with van der Waals surface area (Å²) in [4.78, 5) is 17.5. The molecule has 106 valence electrons. The van der Waals surface area contributed by atoms with Crippen LogP contribution in [0.3, 0.4) is 0 Å². The lowest BCUT2D eigenvalue weighted by molar-refractivity contribution is -0.115. The van der Waals surface area contributed by atoms with Crippen molar-refractivity contribution in [2.45, 2.75) is 13.8 Å². The van der Waals surface area contributed by atoms with E-state index < -0.39 is 0 Å². The number of nitriles is 1. The molecule has 0 bridgehead atoms. The monoisotopic (exact) mass is 319 g/mol. The van der Waals surface area contributed by atoms with Gasteiger partial charge in [-0.1, -0.05) is 41.4 Å². The molecule has 0 unspecified atom stereocenters. The van der Waals surface area contributed by atoms with Crippen LogP contribution in [0.4, 0.5) is 11.5 Å². The topological polar surface area (TPSA) is 57.0 Å². The van der Waals surface area contributed by atoms with Crippen molar-refractivity contribution in [2.24, 2.45) is 0 Å². The number of nitrogens with zero attached hydrogens (tertiary/aromatic N) is 3. The summed E-state index contributed by atoms with van der Waals surface area (Å²) < 4.78 is 0. The quantitative estimate of drug-likeness (QED) is 0.831. The minimum atomic E-state index is -0.259. The number of pyridine rings is 1. The van der Waals surface area contributed by atoms with Crippen LogP contribution in [0.15, 0.2) is 30.5 Å². The third-order valence-electron chi connectivity index (χ3n) is 2.95. The van der Waals surface area contributed by atoms with Crippen LogP contribution in [0.25, 0.3) is 0 Å². The highest BCUT2D eigenvalue weighted by Crippen LogP contribution is 2.36. The van der Waals surface area contributed by atoms with Crippen LogP contribution in [0, 0.1) is 18.3 Å². The summed E-state index contributed by atoms with van der Waals surface area (Å²) in [6, 6.07) is 9.27. The number of halogens is 2. The Kier molecular flexibility index (Phi) is 4.46. The fourth-order valence-corrected chi connectivity index (χ4v) is 2.47. The van der Waals surface area contributed by atoms with Gasteiger partial charge in [0.15, 0.2) is 5.82 Å². The Morgan fingerprint density at radius 3 is 2.57 bits per heavy atom. The predicted molar refractivity (Wildman–Crippen MR) is 83.0 cm³/mol. The van der Waals surface area contributed by atoms with Crippen molar-refractivity contribution in [1.82, 2.24) is 4.98 Å². The highest BCUT2D eigenvalue weighted by Gasteiger charge is 2.23. The molecule has 0 saturated heterocycles. The molecule has 21 heavy (non-hydrogen) atoms. The van der Waals surface area contributed by atoms with E-state index in [9.17, 15) is 4.79 Å². The van der Waals surface area contributed by atoms with E-state index >= 15 is 0 Å². The standard InChI is InChI=1S/C15H11Cl2N3O/c1-9-5-3-4-6-13(9)20(10(2)21)15-14(17)11(7-18)12(16)8-19-15/h3-6,8H,1-2H3. The Morgan fingerprint density at radius 2 is 2.00 bits per heavy atom. The number of aryl methyl sites for hydroxylation is 1. The van der Waals surface area contributed by atoms with Gasteiger partial charge in [0.2, 0.25) is 5.91 Å². The van der Waals surface area contributed by atoms with Gasteiger partial charge >= 0.3 is 0 Å². The van der Waals surface area contributed by atoms with Crippen molar-refractivity contribution >= 4 is 40.6 Å². The predicted octanol–water partition coefficient (Wildman–Crippen LogP) is 4.25. The minimum absolute atomic E-state index is 0.0588. The lowest BCUT2D eigenvalue weighted by Gasteiger charge is -2.23. The fraction of sp³-hybridized carbons (Fsp3) is 0.133. The summed E-state index contributed by atoms with van der Waals surface area (Å²) in [6.45, 7) is 3.28. The Hall–Kier alpha value is -2.09. The largest absolute Gasteiger partial charge is 0.274 e. The highest BCUT2D eigenvalue weighted by atomic mass is 35.5. The second-order valence-electron chi connectivity index (χ2n) is 4.37. The van der Waals surface area contributed by atoms with E-state index in [-0.39, 0.29) is 27.3 Å². The average Bonchev–Trinajstić information content (AvgIpc) is 2.44. The Balaban J connectivity index is 2.69. The maximum atomic E-state index is 12.0. The van der Waals surface area contributed by atoms with E-state index in [0.717, 1.165) is 5.56 Å². The van der Waals surface area contributed by atoms with Crippen molar-refractivity contribution in [3.8, 4) is 6.07 Å². The molecular weight excluding hydrogens is 309 g/mol. The number of carbonyl (C=O) groups excluding carboxylic acids is 1. The maximum Gasteiger partial charge on any atom is 0.229 e. The molecule has 1 heterocycles. The molecule has 2 rings (SSSR count). The normalized spacial score (nSPS) is 10.0. The molecule has 2 aromatic rings. The van der Waals surface area contributed by atoms with Gasteiger partial charge in [0.25, 0.3) is 0 Å². The molecule has 0 aliphatic rings. The summed E-state index contributed by atoms with van der Waals surface area (Å²) in [5, 5.41) is 9.33. The van der Waals surface area contributed by atoms with Crippen molar-refractivity contribution in [3.05, 3.63) is 51.6 Å². The van der Waals surface area contributed by atoms with Gasteiger partial charge in [-0.3, -0.25) is 9.69 Å². The number of hydrogen-bond acceptors (Lipinski definition) is 3. The number of aromatic nitrogens is 1. The molecule has 0 fully saturated rings. The lowest BCUT2D eigenvalue weighted by atomic mass is 10.1. The number of para-hydroxylation sites is 1. The van der Waals surface area contributed by atoms with Crippen LogP contribution in [0.5, 0.6) is 0 Å². The van der Waals surface area contributed by atoms with Gasteiger partial charge in [-0.25, -0.2) is 4.98 Å². The number of benzene rings is 1. The van der Waals surface area contributed by atoms with E-state index in [2.05, 4.69) is 4.98 Å². The Bertz CT molecular complexity index is 753. The summed E-state index contributed by atoms with van der Waals surface area (Å²) in [6.07, 6.45) is 1.32. The van der Waals surface area contributed by atoms with Gasteiger partial charge in [-0.05, 0) is 18.6 Å². The molecule has 1 aromatic heterocycles. The summed E-state index contributed by atoms with van der Waals surface area (Å²) in [5.74, 6) is -0.0654. The summed E-state index contributed by atoms with van der Waals surface area (Å²) in [7, 11) is 0. The van der Waals surface area contributed by atoms with Crippen LogP contribution < -0.4 is 4.90 Å². The SMILES string of the molecule is CC(=O)N(c1ccccc1C)c1ncc(Cl)c(C#N)c1Cl. The first-order chi connectivity index (χ1) is 9.97. The van der Waals surface area contributed by atoms with E-state index in [4.69, 9.17) is 28.5 Å². The average molecular weight is 320 g/mol. The van der Waals surface area contributed by atoms with Gasteiger partial charge in [0.1, 0.15) is 11.1 Å². The smallest absolute Gasteiger partial charge is 0.229 e. The second-order valence-corrected chi connectivity index (χ2v) is 5.16. The number of anilines is 2. The first-order valence-electron chi connectivity index (χ1n) is 6.07. The van der Waals surface area contributed by atoms with Crippen molar-refractivity contribution in [2.75, 3.05) is 4.90 Å². The van der Waals surface area contributed by atoms with Crippen LogP contribution in [0.2, 0.25) is 10.0 Å². The van der Waals surface area contributed by atoms with E-state index in [0.29, 0.717) is 5.69 Å². The highest BCUT2D eigenvalue weighted by molar-refractivity contribution is 6.38. The van der Waals surface area contributed by atoms with Crippen LogP contribution >= 0.6 is 23.2 Å². The van der Waals surface area contributed by atoms with Gasteiger partial charge < -0.3 is 0 Å². The molecule has 4 nitrogen and oxygen atoms in total. The van der Waals surface area contributed by atoms with Gasteiger partial charge in [0.05, 0.1) is 16.3 Å². The molecule has 0 spiro atoms. The van der Waals surface area contributed by atoms with Crippen LogP contribution in [-0.4, -0.2) is 10.9 Å². The number of rotatable bonds is 2. The Morgan fingerprint density at radius 1 is 1.33 bits per heavy atom. The maximum absolute atomic E-state index is 12.0. The molecule has 0 saturated carbocycles. The molecule has 0 aliphatic heterocycles. The zero-order chi connectivity index (χ0) is 15.6. The number of hydrogen-bond donors (Lipinski definition) is 0. The molecule has 0 N–H and O–H groups in total. The van der Waals surface area contributed by atoms with E-state index in [1.807, 2.05) is 31.2 Å². The van der Waals surface area contributed by atoms with Gasteiger partial charge in [-0.15, -0.1) is 0 Å². The molecule has 1 amide bonds. The van der Waals surface area contributed by atoms with E-state index in [1.54, 1.807) is 6.07 Å². The van der Waals surface area contributed by atoms with Crippen LogP contribution in [-0.2, 0) is 4.79 Å².